The van der Waals surface area contributed by atoms with Crippen LogP contribution < -0.4 is 9.64 Å². The molecular formula is C18H27NO5. The summed E-state index contributed by atoms with van der Waals surface area (Å²) in [6.45, 7) is 5.45. The molecule has 6 heteroatoms. The third-order valence-corrected chi connectivity index (χ3v) is 4.55. The van der Waals surface area contributed by atoms with Gasteiger partial charge in [-0.15, -0.1) is 0 Å². The van der Waals surface area contributed by atoms with E-state index in [4.69, 9.17) is 14.2 Å². The normalized spacial score (nSPS) is 16.1. The largest absolute Gasteiger partial charge is 0.465 e. The molecule has 1 N–H and O–H groups in total. The number of esters is 1. The average molecular weight is 337 g/mol. The Kier molecular flexibility index (Phi) is 6.07. The summed E-state index contributed by atoms with van der Waals surface area (Å²) in [5.41, 5.74) is 0.668. The predicted molar refractivity (Wildman–Crippen MR) is 91.5 cm³/mol. The number of anilines is 1. The number of rotatable bonds is 6. The minimum atomic E-state index is -0.671. The van der Waals surface area contributed by atoms with E-state index in [0.29, 0.717) is 11.3 Å². The molecule has 0 aliphatic carbocycles. The zero-order valence-corrected chi connectivity index (χ0v) is 14.9. The number of carbonyl (C=O) groups excluding carboxylic acids is 1. The van der Waals surface area contributed by atoms with Gasteiger partial charge in [-0.25, -0.2) is 4.79 Å². The van der Waals surface area contributed by atoms with Crippen molar-refractivity contribution in [2.75, 3.05) is 39.0 Å². The number of aliphatic hydroxyl groups is 1. The fourth-order valence-electron chi connectivity index (χ4n) is 3.08. The lowest BCUT2D eigenvalue weighted by atomic mass is 9.83. The molecule has 1 aromatic rings. The molecule has 1 saturated heterocycles. The van der Waals surface area contributed by atoms with E-state index in [1.807, 2.05) is 13.8 Å². The molecule has 0 radical (unpaired) electrons. The van der Waals surface area contributed by atoms with Crippen molar-refractivity contribution in [3.05, 3.63) is 23.8 Å². The summed E-state index contributed by atoms with van der Waals surface area (Å²) in [7, 11) is 2.93. The Bertz CT molecular complexity index is 559. The molecule has 1 aromatic carbocycles. The van der Waals surface area contributed by atoms with Crippen molar-refractivity contribution in [3.63, 3.8) is 0 Å². The van der Waals surface area contributed by atoms with Gasteiger partial charge in [-0.3, -0.25) is 0 Å². The average Bonchev–Trinajstić information content (AvgIpc) is 2.58. The van der Waals surface area contributed by atoms with E-state index in [1.165, 1.54) is 7.11 Å². The molecule has 0 bridgehead atoms. The van der Waals surface area contributed by atoms with Gasteiger partial charge < -0.3 is 24.2 Å². The molecule has 1 heterocycles. The molecule has 0 saturated carbocycles. The van der Waals surface area contributed by atoms with Gasteiger partial charge in [0.1, 0.15) is 5.75 Å². The van der Waals surface area contributed by atoms with Crippen molar-refractivity contribution < 1.29 is 24.1 Å². The Morgan fingerprint density at radius 3 is 2.50 bits per heavy atom. The highest BCUT2D eigenvalue weighted by molar-refractivity contribution is 5.91. The first-order chi connectivity index (χ1) is 11.4. The molecule has 1 fully saturated rings. The van der Waals surface area contributed by atoms with E-state index in [0.717, 1.165) is 31.6 Å². The fraction of sp³-hybridized carbons (Fsp3) is 0.611. The van der Waals surface area contributed by atoms with E-state index < -0.39 is 5.60 Å². The monoisotopic (exact) mass is 337 g/mol. The molecule has 0 spiro atoms. The van der Waals surface area contributed by atoms with Crippen LogP contribution in [0.1, 0.15) is 37.0 Å². The second-order valence-corrected chi connectivity index (χ2v) is 6.64. The minimum Gasteiger partial charge on any atom is -0.465 e. The van der Waals surface area contributed by atoms with E-state index >= 15 is 0 Å². The van der Waals surface area contributed by atoms with Crippen LogP contribution in [0.25, 0.3) is 0 Å². The topological polar surface area (TPSA) is 68.2 Å². The van der Waals surface area contributed by atoms with Crippen LogP contribution in [-0.2, 0) is 9.47 Å². The number of piperidine rings is 1. The standard InChI is InChI=1S/C18H27NO5/c1-18(2,21)14-7-9-19(10-8-14)15-11-13(17(20)23-4)5-6-16(15)24-12-22-3/h5-6,11,14,21H,7-10,12H2,1-4H3. The van der Waals surface area contributed by atoms with E-state index in [1.54, 1.807) is 25.3 Å². The molecular weight excluding hydrogens is 310 g/mol. The Labute approximate surface area is 143 Å². The molecule has 0 unspecified atom stereocenters. The maximum atomic E-state index is 11.8. The molecule has 2 rings (SSSR count). The molecule has 134 valence electrons. The van der Waals surface area contributed by atoms with Crippen molar-refractivity contribution in [3.8, 4) is 5.75 Å². The van der Waals surface area contributed by atoms with Crippen LogP contribution >= 0.6 is 0 Å². The van der Waals surface area contributed by atoms with Crippen molar-refractivity contribution >= 4 is 11.7 Å². The van der Waals surface area contributed by atoms with E-state index in [9.17, 15) is 9.90 Å². The molecule has 24 heavy (non-hydrogen) atoms. The summed E-state index contributed by atoms with van der Waals surface area (Å²) in [5.74, 6) is 0.563. The maximum absolute atomic E-state index is 11.8. The van der Waals surface area contributed by atoms with E-state index in [2.05, 4.69) is 4.90 Å². The van der Waals surface area contributed by atoms with Gasteiger partial charge in [0.25, 0.3) is 0 Å². The summed E-state index contributed by atoms with van der Waals surface area (Å²) in [6.07, 6.45) is 1.77. The van der Waals surface area contributed by atoms with Crippen molar-refractivity contribution in [2.45, 2.75) is 32.3 Å². The Morgan fingerprint density at radius 2 is 1.96 bits per heavy atom. The van der Waals surface area contributed by atoms with Gasteiger partial charge in [0.2, 0.25) is 0 Å². The Morgan fingerprint density at radius 1 is 1.29 bits per heavy atom. The quantitative estimate of drug-likeness (QED) is 0.635. The van der Waals surface area contributed by atoms with Crippen LogP contribution in [0.4, 0.5) is 5.69 Å². The maximum Gasteiger partial charge on any atom is 0.337 e. The van der Waals surface area contributed by atoms with Gasteiger partial charge >= 0.3 is 5.97 Å². The number of hydrogen-bond donors (Lipinski definition) is 1. The van der Waals surface area contributed by atoms with Gasteiger partial charge in [-0.2, -0.15) is 0 Å². The van der Waals surface area contributed by atoms with Crippen LogP contribution in [0.15, 0.2) is 18.2 Å². The third-order valence-electron chi connectivity index (χ3n) is 4.55. The van der Waals surface area contributed by atoms with Gasteiger partial charge in [-0.05, 0) is 50.8 Å². The van der Waals surface area contributed by atoms with Crippen LogP contribution in [0.3, 0.4) is 0 Å². The fourth-order valence-corrected chi connectivity index (χ4v) is 3.08. The number of methoxy groups -OCH3 is 2. The summed E-state index contributed by atoms with van der Waals surface area (Å²) in [5, 5.41) is 10.2. The number of carbonyl (C=O) groups is 1. The summed E-state index contributed by atoms with van der Waals surface area (Å²) >= 11 is 0. The molecule has 6 nitrogen and oxygen atoms in total. The molecule has 0 aromatic heterocycles. The van der Waals surface area contributed by atoms with Crippen LogP contribution in [-0.4, -0.2) is 50.8 Å². The van der Waals surface area contributed by atoms with Crippen molar-refractivity contribution in [2.24, 2.45) is 5.92 Å². The van der Waals surface area contributed by atoms with Crippen molar-refractivity contribution in [1.29, 1.82) is 0 Å². The lowest BCUT2D eigenvalue weighted by Crippen LogP contribution is -2.42. The molecule has 1 aliphatic heterocycles. The first-order valence-electron chi connectivity index (χ1n) is 8.18. The number of hydrogen-bond acceptors (Lipinski definition) is 6. The minimum absolute atomic E-state index is 0.144. The lowest BCUT2D eigenvalue weighted by molar-refractivity contribution is 0.00641. The summed E-state index contributed by atoms with van der Waals surface area (Å²) in [4.78, 5) is 14.0. The zero-order chi connectivity index (χ0) is 17.7. The Balaban J connectivity index is 2.21. The van der Waals surface area contributed by atoms with Gasteiger partial charge in [0.05, 0.1) is 24.0 Å². The van der Waals surface area contributed by atoms with Crippen molar-refractivity contribution in [1.82, 2.24) is 0 Å². The summed E-state index contributed by atoms with van der Waals surface area (Å²) < 4.78 is 15.4. The van der Waals surface area contributed by atoms with Gasteiger partial charge in [-0.1, -0.05) is 0 Å². The van der Waals surface area contributed by atoms with Crippen LogP contribution in [0, 0.1) is 5.92 Å². The summed E-state index contributed by atoms with van der Waals surface area (Å²) in [6, 6.07) is 5.24. The highest BCUT2D eigenvalue weighted by atomic mass is 16.7. The number of benzene rings is 1. The number of ether oxygens (including phenoxy) is 3. The highest BCUT2D eigenvalue weighted by Gasteiger charge is 2.31. The first-order valence-corrected chi connectivity index (χ1v) is 8.18. The van der Waals surface area contributed by atoms with Gasteiger partial charge in [0.15, 0.2) is 6.79 Å². The van der Waals surface area contributed by atoms with Crippen LogP contribution in [0.2, 0.25) is 0 Å². The first kappa shape index (κ1) is 18.5. The van der Waals surface area contributed by atoms with E-state index in [-0.39, 0.29) is 18.7 Å². The molecule has 0 atom stereocenters. The molecule has 1 aliphatic rings. The Hall–Kier alpha value is -1.79. The predicted octanol–water partition coefficient (Wildman–Crippen LogP) is 2.44. The molecule has 0 amide bonds. The second kappa shape index (κ2) is 7.85. The smallest absolute Gasteiger partial charge is 0.337 e. The van der Waals surface area contributed by atoms with Crippen LogP contribution in [0.5, 0.6) is 5.75 Å². The highest BCUT2D eigenvalue weighted by Crippen LogP contribution is 2.35. The zero-order valence-electron chi connectivity index (χ0n) is 14.9. The lowest BCUT2D eigenvalue weighted by Gasteiger charge is -2.39. The second-order valence-electron chi connectivity index (χ2n) is 6.64. The van der Waals surface area contributed by atoms with Gasteiger partial charge in [0, 0.05) is 20.2 Å². The SMILES string of the molecule is COCOc1ccc(C(=O)OC)cc1N1CCC(C(C)(C)O)CC1. The third kappa shape index (κ3) is 4.39. The number of nitrogens with zero attached hydrogens (tertiary/aromatic N) is 1.